The molecule has 0 bridgehead atoms. The van der Waals surface area contributed by atoms with Crippen molar-refractivity contribution in [2.75, 3.05) is 29.5 Å². The number of hydrogen-bond donors (Lipinski definition) is 1. The number of nitrogens with two attached hydrogens (primary N) is 1. The number of nitrogen functional groups attached to an aromatic ring is 1. The van der Waals surface area contributed by atoms with E-state index in [4.69, 9.17) is 10.5 Å². The van der Waals surface area contributed by atoms with Gasteiger partial charge in [0.05, 0.1) is 17.7 Å². The standard InChI is InChI=1S/C20H22N4O3S2/c1-4-27-16(26)10-24(14-8-6-5-7-9-14)15(25)11-28-20-22-18(21)17-12(2)13(3)29-19(17)23-20/h5-9H,4,10-11H2,1-3H3,(H2,21,22,23). The molecule has 2 N–H and O–H groups in total. The zero-order valence-electron chi connectivity index (χ0n) is 16.5. The predicted octanol–water partition coefficient (Wildman–Crippen LogP) is 3.58. The second-order valence-electron chi connectivity index (χ2n) is 6.26. The van der Waals surface area contributed by atoms with Crippen molar-refractivity contribution in [1.29, 1.82) is 0 Å². The number of thiophene rings is 1. The Bertz CT molecular complexity index is 1040. The van der Waals surface area contributed by atoms with E-state index in [9.17, 15) is 9.59 Å². The van der Waals surface area contributed by atoms with Gasteiger partial charge >= 0.3 is 5.97 Å². The third kappa shape index (κ3) is 4.86. The van der Waals surface area contributed by atoms with Gasteiger partial charge in [0.25, 0.3) is 0 Å². The second-order valence-corrected chi connectivity index (χ2v) is 8.41. The molecule has 0 fully saturated rings. The molecule has 3 aromatic rings. The van der Waals surface area contributed by atoms with Gasteiger partial charge in [0.1, 0.15) is 17.2 Å². The first kappa shape index (κ1) is 21.1. The van der Waals surface area contributed by atoms with Gasteiger partial charge in [-0.05, 0) is 38.5 Å². The Morgan fingerprint density at radius 2 is 1.93 bits per heavy atom. The maximum atomic E-state index is 12.9. The molecule has 0 aliphatic rings. The zero-order chi connectivity index (χ0) is 21.0. The summed E-state index contributed by atoms with van der Waals surface area (Å²) in [6.45, 7) is 5.86. The quantitative estimate of drug-likeness (QED) is 0.347. The number of hydrogen-bond acceptors (Lipinski definition) is 8. The molecule has 0 radical (unpaired) electrons. The molecular formula is C20H22N4O3S2. The van der Waals surface area contributed by atoms with Crippen molar-refractivity contribution in [3.05, 3.63) is 40.8 Å². The first-order valence-electron chi connectivity index (χ1n) is 9.07. The molecule has 0 unspecified atom stereocenters. The molecule has 0 aliphatic carbocycles. The van der Waals surface area contributed by atoms with Crippen molar-refractivity contribution < 1.29 is 14.3 Å². The molecule has 152 valence electrons. The molecule has 3 rings (SSSR count). The van der Waals surface area contributed by atoms with Gasteiger partial charge in [0.2, 0.25) is 5.91 Å². The highest BCUT2D eigenvalue weighted by Crippen LogP contribution is 2.33. The van der Waals surface area contributed by atoms with Gasteiger partial charge < -0.3 is 15.4 Å². The maximum Gasteiger partial charge on any atom is 0.326 e. The molecule has 0 saturated carbocycles. The first-order chi connectivity index (χ1) is 13.9. The van der Waals surface area contributed by atoms with Crippen LogP contribution in [0.3, 0.4) is 0 Å². The van der Waals surface area contributed by atoms with Gasteiger partial charge in [-0.2, -0.15) is 0 Å². The Labute approximate surface area is 177 Å². The summed E-state index contributed by atoms with van der Waals surface area (Å²) in [6, 6.07) is 9.03. The summed E-state index contributed by atoms with van der Waals surface area (Å²) in [5.74, 6) is -0.211. The molecule has 0 aliphatic heterocycles. The minimum absolute atomic E-state index is 0.0720. The van der Waals surface area contributed by atoms with Crippen LogP contribution in [-0.4, -0.2) is 40.7 Å². The van der Waals surface area contributed by atoms with E-state index in [1.165, 1.54) is 16.7 Å². The van der Waals surface area contributed by atoms with Crippen molar-refractivity contribution in [3.63, 3.8) is 0 Å². The van der Waals surface area contributed by atoms with Crippen molar-refractivity contribution in [2.24, 2.45) is 0 Å². The van der Waals surface area contributed by atoms with Crippen LogP contribution in [0.2, 0.25) is 0 Å². The molecule has 9 heteroatoms. The summed E-state index contributed by atoms with van der Waals surface area (Å²) in [7, 11) is 0. The van der Waals surface area contributed by atoms with Gasteiger partial charge in [-0.25, -0.2) is 9.97 Å². The number of carbonyl (C=O) groups excluding carboxylic acids is 2. The van der Waals surface area contributed by atoms with Crippen molar-refractivity contribution in [2.45, 2.75) is 25.9 Å². The topological polar surface area (TPSA) is 98.4 Å². The number of amides is 1. The maximum absolute atomic E-state index is 12.9. The third-order valence-electron chi connectivity index (χ3n) is 4.32. The summed E-state index contributed by atoms with van der Waals surface area (Å²) in [5, 5.41) is 1.31. The summed E-state index contributed by atoms with van der Waals surface area (Å²) in [5.41, 5.74) is 7.83. The first-order valence-corrected chi connectivity index (χ1v) is 10.9. The number of esters is 1. The number of aromatic nitrogens is 2. The molecule has 0 saturated heterocycles. The number of para-hydroxylation sites is 1. The van der Waals surface area contributed by atoms with Crippen LogP contribution in [0.1, 0.15) is 17.4 Å². The Morgan fingerprint density at radius 3 is 2.62 bits per heavy atom. The molecule has 1 aromatic carbocycles. The van der Waals surface area contributed by atoms with Crippen LogP contribution in [-0.2, 0) is 14.3 Å². The van der Waals surface area contributed by atoms with Crippen LogP contribution in [0, 0.1) is 13.8 Å². The zero-order valence-corrected chi connectivity index (χ0v) is 18.1. The van der Waals surface area contributed by atoms with E-state index in [1.54, 1.807) is 30.4 Å². The van der Waals surface area contributed by atoms with E-state index in [1.807, 2.05) is 32.0 Å². The van der Waals surface area contributed by atoms with Crippen LogP contribution in [0.25, 0.3) is 10.2 Å². The van der Waals surface area contributed by atoms with Crippen LogP contribution in [0.15, 0.2) is 35.5 Å². The number of rotatable bonds is 7. The number of carbonyl (C=O) groups is 2. The Morgan fingerprint density at radius 1 is 1.21 bits per heavy atom. The van der Waals surface area contributed by atoms with Gasteiger partial charge in [-0.3, -0.25) is 9.59 Å². The minimum atomic E-state index is -0.457. The lowest BCUT2D eigenvalue weighted by Crippen LogP contribution is -2.37. The number of fused-ring (bicyclic) bond motifs is 1. The summed E-state index contributed by atoms with van der Waals surface area (Å²) >= 11 is 2.75. The SMILES string of the molecule is CCOC(=O)CN(C(=O)CSc1nc(N)c2c(C)c(C)sc2n1)c1ccccc1. The molecule has 1 amide bonds. The fourth-order valence-electron chi connectivity index (χ4n) is 2.80. The largest absolute Gasteiger partial charge is 0.465 e. The smallest absolute Gasteiger partial charge is 0.326 e. The van der Waals surface area contributed by atoms with Crippen molar-refractivity contribution in [3.8, 4) is 0 Å². The van der Waals surface area contributed by atoms with E-state index in [0.717, 1.165) is 20.7 Å². The summed E-state index contributed by atoms with van der Waals surface area (Å²) < 4.78 is 5.00. The lowest BCUT2D eigenvalue weighted by molar-refractivity contribution is -0.142. The van der Waals surface area contributed by atoms with Gasteiger partial charge in [-0.1, -0.05) is 30.0 Å². The van der Waals surface area contributed by atoms with Crippen molar-refractivity contribution >= 4 is 56.7 Å². The van der Waals surface area contributed by atoms with Gasteiger partial charge in [-0.15, -0.1) is 11.3 Å². The van der Waals surface area contributed by atoms with Crippen LogP contribution < -0.4 is 10.6 Å². The van der Waals surface area contributed by atoms with Crippen molar-refractivity contribution in [1.82, 2.24) is 9.97 Å². The monoisotopic (exact) mass is 430 g/mol. The van der Waals surface area contributed by atoms with Crippen LogP contribution in [0.5, 0.6) is 0 Å². The van der Waals surface area contributed by atoms with Crippen LogP contribution >= 0.6 is 23.1 Å². The normalized spacial score (nSPS) is 10.9. The van der Waals surface area contributed by atoms with E-state index in [-0.39, 0.29) is 24.8 Å². The summed E-state index contributed by atoms with van der Waals surface area (Å²) in [4.78, 5) is 37.1. The fraction of sp³-hybridized carbons (Fsp3) is 0.300. The lowest BCUT2D eigenvalue weighted by Gasteiger charge is -2.21. The number of aryl methyl sites for hydroxylation is 2. The molecule has 7 nitrogen and oxygen atoms in total. The highest BCUT2D eigenvalue weighted by atomic mass is 32.2. The van der Waals surface area contributed by atoms with E-state index in [0.29, 0.717) is 16.7 Å². The Hall–Kier alpha value is -2.65. The minimum Gasteiger partial charge on any atom is -0.465 e. The number of benzene rings is 1. The molecule has 0 atom stereocenters. The lowest BCUT2D eigenvalue weighted by atomic mass is 10.2. The number of thioether (sulfide) groups is 1. The van der Waals surface area contributed by atoms with Crippen LogP contribution in [0.4, 0.5) is 11.5 Å². The second kappa shape index (κ2) is 9.23. The number of anilines is 2. The third-order valence-corrected chi connectivity index (χ3v) is 6.26. The van der Waals surface area contributed by atoms with Gasteiger partial charge in [0, 0.05) is 10.6 Å². The highest BCUT2D eigenvalue weighted by Gasteiger charge is 2.21. The number of ether oxygens (including phenoxy) is 1. The Balaban J connectivity index is 1.77. The van der Waals surface area contributed by atoms with E-state index in [2.05, 4.69) is 9.97 Å². The Kier molecular flexibility index (Phi) is 6.71. The van der Waals surface area contributed by atoms with E-state index >= 15 is 0 Å². The van der Waals surface area contributed by atoms with E-state index < -0.39 is 5.97 Å². The molecule has 29 heavy (non-hydrogen) atoms. The average molecular weight is 431 g/mol. The molecule has 0 spiro atoms. The van der Waals surface area contributed by atoms with Gasteiger partial charge in [0.15, 0.2) is 5.16 Å². The highest BCUT2D eigenvalue weighted by molar-refractivity contribution is 7.99. The fourth-order valence-corrected chi connectivity index (χ4v) is 4.62. The predicted molar refractivity (Wildman–Crippen MR) is 117 cm³/mol. The molecule has 2 heterocycles. The average Bonchev–Trinajstić information content (AvgIpc) is 2.99. The molecular weight excluding hydrogens is 408 g/mol. The molecule has 2 aromatic heterocycles. The number of nitrogens with zero attached hydrogens (tertiary/aromatic N) is 3. The summed E-state index contributed by atoms with van der Waals surface area (Å²) in [6.07, 6.45) is 0.